The van der Waals surface area contributed by atoms with E-state index in [0.717, 1.165) is 0 Å². The molecular weight excluding hydrogens is 484 g/mol. The van der Waals surface area contributed by atoms with E-state index in [-0.39, 0.29) is 35.8 Å². The number of aliphatic imine (C=N–C) groups is 1. The van der Waals surface area contributed by atoms with E-state index in [9.17, 15) is 29.6 Å². The molecule has 0 radical (unpaired) electrons. The minimum absolute atomic E-state index is 0.0711. The van der Waals surface area contributed by atoms with Gasteiger partial charge in [-0.05, 0) is 39.0 Å². The Morgan fingerprint density at radius 2 is 1.76 bits per heavy atom. The number of carbonyl (C=O) groups is 3. The quantitative estimate of drug-likeness (QED) is 0.181. The maximum Gasteiger partial charge on any atom is 0.529 e. The van der Waals surface area contributed by atoms with Crippen molar-refractivity contribution < 1.29 is 33.9 Å². The minimum Gasteiger partial charge on any atom is -0.444 e. The van der Waals surface area contributed by atoms with E-state index in [1.807, 2.05) is 0 Å². The number of quaternary nitrogens is 1. The van der Waals surface area contributed by atoms with Gasteiger partial charge in [-0.1, -0.05) is 12.1 Å². The zero-order valence-corrected chi connectivity index (χ0v) is 20.8. The van der Waals surface area contributed by atoms with Crippen LogP contribution in [0.4, 0.5) is 21.0 Å². The molecule has 1 unspecified atom stereocenters. The molecule has 0 aromatic heterocycles. The Labute approximate surface area is 212 Å². The molecule has 0 saturated carbocycles. The monoisotopic (exact) mass is 511 g/mol. The number of amidine groups is 1. The summed E-state index contributed by atoms with van der Waals surface area (Å²) in [5.41, 5.74) is -0.976. The largest absolute Gasteiger partial charge is 0.529 e. The number of ether oxygens (including phenoxy) is 2. The second-order valence-corrected chi connectivity index (χ2v) is 9.16. The number of nitro benzene ring substituents is 1. The molecule has 0 aliphatic carbocycles. The molecule has 12 nitrogen and oxygen atoms in total. The summed E-state index contributed by atoms with van der Waals surface area (Å²) in [5.74, 6) is -0.593. The van der Waals surface area contributed by atoms with Crippen LogP contribution in [0.1, 0.15) is 37.6 Å². The Morgan fingerprint density at radius 1 is 1.11 bits per heavy atom. The topological polar surface area (TPSA) is 149 Å². The minimum atomic E-state index is -1.22. The van der Waals surface area contributed by atoms with Gasteiger partial charge in [-0.15, -0.1) is 4.48 Å². The van der Waals surface area contributed by atoms with Crippen molar-refractivity contribution in [1.29, 1.82) is 0 Å². The highest BCUT2D eigenvalue weighted by Gasteiger charge is 2.46. The van der Waals surface area contributed by atoms with Crippen molar-refractivity contribution in [1.82, 2.24) is 9.38 Å². The summed E-state index contributed by atoms with van der Waals surface area (Å²) in [6.45, 7) is 5.41. The number of nitrogens with zero attached hydrogens (tertiary/aromatic N) is 4. The van der Waals surface area contributed by atoms with Crippen molar-refractivity contribution >= 4 is 35.4 Å². The van der Waals surface area contributed by atoms with Crippen LogP contribution in [0.15, 0.2) is 65.9 Å². The van der Waals surface area contributed by atoms with E-state index in [4.69, 9.17) is 9.47 Å². The van der Waals surface area contributed by atoms with Crippen LogP contribution in [-0.2, 0) is 4.74 Å². The number of rotatable bonds is 7. The van der Waals surface area contributed by atoms with Gasteiger partial charge in [-0.25, -0.2) is 14.6 Å². The fraction of sp³-hybridized carbons (Fsp3) is 0.280. The lowest BCUT2D eigenvalue weighted by Gasteiger charge is -2.28. The molecule has 194 valence electrons. The molecular formula is C25H27N4O8+. The molecule has 2 amide bonds. The van der Waals surface area contributed by atoms with Crippen molar-refractivity contribution in [2.45, 2.75) is 32.8 Å². The third kappa shape index (κ3) is 5.98. The van der Waals surface area contributed by atoms with Crippen molar-refractivity contribution in [2.24, 2.45) is 4.99 Å². The molecule has 37 heavy (non-hydrogen) atoms. The van der Waals surface area contributed by atoms with E-state index in [2.05, 4.69) is 4.99 Å². The predicted molar refractivity (Wildman–Crippen MR) is 134 cm³/mol. The number of hydrogen-bond acceptors (Lipinski definition) is 8. The number of carbonyl (C=O) groups excluding carboxylic acids is 2. The van der Waals surface area contributed by atoms with Crippen LogP contribution in [0.2, 0.25) is 0 Å². The molecule has 0 fully saturated rings. The number of hydrogen-bond donors (Lipinski definition) is 1. The Hall–Kier alpha value is -4.58. The number of benzene rings is 2. The molecule has 12 heteroatoms. The van der Waals surface area contributed by atoms with Crippen LogP contribution < -0.4 is 9.22 Å². The third-order valence-corrected chi connectivity index (χ3v) is 5.37. The average molecular weight is 512 g/mol. The van der Waals surface area contributed by atoms with Gasteiger partial charge in [-0.2, -0.15) is 4.79 Å². The smallest absolute Gasteiger partial charge is 0.444 e. The summed E-state index contributed by atoms with van der Waals surface area (Å²) in [6.07, 6.45) is 1.14. The summed E-state index contributed by atoms with van der Waals surface area (Å²) in [6, 6.07) is 11.1. The number of carboxylic acid groups (broad SMARTS) is 1. The molecule has 1 aliphatic rings. The molecule has 1 N–H and O–H groups in total. The van der Waals surface area contributed by atoms with Gasteiger partial charge in [0.1, 0.15) is 23.1 Å². The lowest BCUT2D eigenvalue weighted by Crippen LogP contribution is -2.52. The molecule has 0 spiro atoms. The summed E-state index contributed by atoms with van der Waals surface area (Å²) in [4.78, 5) is 53.3. The second-order valence-electron chi connectivity index (χ2n) is 9.16. The van der Waals surface area contributed by atoms with Gasteiger partial charge in [-0.3, -0.25) is 10.1 Å². The molecule has 0 bridgehead atoms. The normalized spacial score (nSPS) is 16.6. The van der Waals surface area contributed by atoms with Crippen LogP contribution >= 0.6 is 0 Å². The highest BCUT2D eigenvalue weighted by molar-refractivity contribution is 6.11. The number of nitro groups is 1. The number of esters is 1. The number of para-hydroxylation sites is 1. The van der Waals surface area contributed by atoms with Gasteiger partial charge in [0.15, 0.2) is 5.69 Å². The fourth-order valence-electron chi connectivity index (χ4n) is 3.57. The molecule has 3 rings (SSSR count). The number of amides is 2. The van der Waals surface area contributed by atoms with Crippen molar-refractivity contribution in [3.8, 4) is 5.75 Å². The van der Waals surface area contributed by atoms with E-state index < -0.39 is 33.2 Å². The summed E-state index contributed by atoms with van der Waals surface area (Å²) in [5, 5.41) is 21.3. The lowest BCUT2D eigenvalue weighted by atomic mass is 10.2. The van der Waals surface area contributed by atoms with Crippen molar-refractivity contribution in [3.63, 3.8) is 0 Å². The van der Waals surface area contributed by atoms with E-state index in [0.29, 0.717) is 5.69 Å². The van der Waals surface area contributed by atoms with Gasteiger partial charge in [0.25, 0.3) is 5.69 Å². The molecule has 1 aliphatic heterocycles. The predicted octanol–water partition coefficient (Wildman–Crippen LogP) is 4.94. The third-order valence-electron chi connectivity index (χ3n) is 5.37. The van der Waals surface area contributed by atoms with Crippen LogP contribution in [0.25, 0.3) is 0 Å². The first kappa shape index (κ1) is 27.0. The average Bonchev–Trinajstić information content (AvgIpc) is 3.27. The first-order chi connectivity index (χ1) is 17.3. The Balaban J connectivity index is 1.77. The molecule has 0 saturated heterocycles. The van der Waals surface area contributed by atoms with E-state index in [1.54, 1.807) is 27.8 Å². The highest BCUT2D eigenvalue weighted by atomic mass is 16.6. The lowest BCUT2D eigenvalue weighted by molar-refractivity contribution is -0.385. The van der Waals surface area contributed by atoms with Gasteiger partial charge in [0.05, 0.1) is 17.5 Å². The maximum absolute atomic E-state index is 12.5. The van der Waals surface area contributed by atoms with Crippen LogP contribution in [0.3, 0.4) is 0 Å². The van der Waals surface area contributed by atoms with Crippen LogP contribution in [0.5, 0.6) is 5.75 Å². The summed E-state index contributed by atoms with van der Waals surface area (Å²) >= 11 is 0. The highest BCUT2D eigenvalue weighted by Crippen LogP contribution is 2.32. The molecule has 1 heterocycles. The Bertz CT molecular complexity index is 1280. The van der Waals surface area contributed by atoms with Gasteiger partial charge in [0.2, 0.25) is 5.84 Å². The Morgan fingerprint density at radius 3 is 2.35 bits per heavy atom. The van der Waals surface area contributed by atoms with Crippen molar-refractivity contribution in [2.75, 3.05) is 13.6 Å². The van der Waals surface area contributed by atoms with Gasteiger partial charge < -0.3 is 19.5 Å². The fourth-order valence-corrected chi connectivity index (χ4v) is 3.57. The molecule has 2 aromatic carbocycles. The maximum atomic E-state index is 12.5. The molecule has 2 aromatic rings. The first-order valence-electron chi connectivity index (χ1n) is 11.2. The van der Waals surface area contributed by atoms with Crippen LogP contribution in [0, 0.1) is 10.1 Å². The zero-order valence-electron chi connectivity index (χ0n) is 20.8. The van der Waals surface area contributed by atoms with E-state index >= 15 is 0 Å². The van der Waals surface area contributed by atoms with E-state index in [1.165, 1.54) is 65.8 Å². The van der Waals surface area contributed by atoms with Crippen molar-refractivity contribution in [3.05, 3.63) is 76.6 Å². The summed E-state index contributed by atoms with van der Waals surface area (Å²) < 4.78 is 9.86. The van der Waals surface area contributed by atoms with Crippen LogP contribution in [-0.4, -0.2) is 58.1 Å². The van der Waals surface area contributed by atoms with Gasteiger partial charge >= 0.3 is 18.2 Å². The first-order valence-corrected chi connectivity index (χ1v) is 11.2. The standard InChI is InChI=1S/C25H26N4O8/c1-25(2,3)37-23(31)27(4)15-13-21-26-14-16-29(21,24(32)33)17-9-11-18(12-10-17)36-22(30)19-7-5-6-8-20(19)28(34)35/h5-12,14,16H,13,15H2,1-4H3/p+1. The second kappa shape index (κ2) is 10.6. The zero-order chi connectivity index (χ0) is 27.4. The molecule has 1 atom stereocenters. The SMILES string of the molecule is CN(CCC1=NC=C[N+]1(C(=O)O)c1ccc(OC(=O)c2ccccc2[N+](=O)[O-])cc1)C(=O)OC(C)(C)C. The van der Waals surface area contributed by atoms with Gasteiger partial charge in [0, 0.05) is 31.8 Å². The summed E-state index contributed by atoms with van der Waals surface area (Å²) in [7, 11) is 1.55. The Kier molecular flexibility index (Phi) is 7.73.